The van der Waals surface area contributed by atoms with Crippen molar-refractivity contribution in [3.05, 3.63) is 70.2 Å². The highest BCUT2D eigenvalue weighted by atomic mass is 35.5. The molecule has 5 nitrogen and oxygen atoms in total. The number of hydrogen-bond donors (Lipinski definition) is 2. The first-order valence-electron chi connectivity index (χ1n) is 9.20. The zero-order chi connectivity index (χ0) is 19.1. The summed E-state index contributed by atoms with van der Waals surface area (Å²) in [7, 11) is 1.68. The van der Waals surface area contributed by atoms with Crippen molar-refractivity contribution >= 4 is 17.5 Å². The first kappa shape index (κ1) is 19.8. The Labute approximate surface area is 165 Å². The van der Waals surface area contributed by atoms with Gasteiger partial charge in [-0.25, -0.2) is 0 Å². The summed E-state index contributed by atoms with van der Waals surface area (Å²) in [4.78, 5) is 14.7. The Balaban J connectivity index is 1.56. The predicted molar refractivity (Wildman–Crippen MR) is 108 cm³/mol. The Morgan fingerprint density at radius 3 is 2.70 bits per heavy atom. The van der Waals surface area contributed by atoms with Crippen molar-refractivity contribution in [2.45, 2.75) is 19.2 Å². The number of nitrogens with zero attached hydrogens (tertiary/aromatic N) is 1. The highest BCUT2D eigenvalue weighted by molar-refractivity contribution is 6.31. The molecule has 0 aromatic heterocycles. The molecule has 1 amide bonds. The molecule has 0 bridgehead atoms. The zero-order valence-corrected chi connectivity index (χ0v) is 16.3. The number of halogens is 1. The molecule has 144 valence electrons. The van der Waals surface area contributed by atoms with Crippen LogP contribution in [0.5, 0.6) is 0 Å². The summed E-state index contributed by atoms with van der Waals surface area (Å²) in [6, 6.07) is 16.0. The third-order valence-electron chi connectivity index (χ3n) is 4.79. The van der Waals surface area contributed by atoms with Crippen molar-refractivity contribution in [2.24, 2.45) is 0 Å². The van der Waals surface area contributed by atoms with Crippen molar-refractivity contribution in [2.75, 3.05) is 33.3 Å². The minimum Gasteiger partial charge on any atom is -0.380 e. The minimum atomic E-state index is 0.0231. The Hall–Kier alpha value is -1.92. The van der Waals surface area contributed by atoms with E-state index >= 15 is 0 Å². The molecular formula is C21H26ClN3O2. The van der Waals surface area contributed by atoms with Crippen LogP contribution in [-0.2, 0) is 22.7 Å². The quantitative estimate of drug-likeness (QED) is 0.767. The third-order valence-corrected chi connectivity index (χ3v) is 5.13. The topological polar surface area (TPSA) is 53.6 Å². The Kier molecular flexibility index (Phi) is 7.24. The minimum absolute atomic E-state index is 0.0231. The highest BCUT2D eigenvalue weighted by Crippen LogP contribution is 2.28. The molecule has 0 spiro atoms. The SMILES string of the molecule is COCc1ccc(CNC(=O)CN2CCNCC2c2ccccc2Cl)cc1. The molecule has 1 aliphatic rings. The molecule has 6 heteroatoms. The van der Waals surface area contributed by atoms with Gasteiger partial charge >= 0.3 is 0 Å². The molecule has 3 rings (SSSR count). The van der Waals surface area contributed by atoms with E-state index in [4.69, 9.17) is 16.3 Å². The van der Waals surface area contributed by atoms with Gasteiger partial charge in [0.25, 0.3) is 0 Å². The van der Waals surface area contributed by atoms with Crippen molar-refractivity contribution in [3.8, 4) is 0 Å². The second kappa shape index (κ2) is 9.85. The molecular weight excluding hydrogens is 362 g/mol. The number of amides is 1. The fourth-order valence-corrected chi connectivity index (χ4v) is 3.61. The van der Waals surface area contributed by atoms with E-state index in [1.807, 2.05) is 48.5 Å². The van der Waals surface area contributed by atoms with Crippen LogP contribution in [0.3, 0.4) is 0 Å². The lowest BCUT2D eigenvalue weighted by atomic mass is 10.0. The van der Waals surface area contributed by atoms with Crippen molar-refractivity contribution in [3.63, 3.8) is 0 Å². The Morgan fingerprint density at radius 2 is 1.96 bits per heavy atom. The second-order valence-electron chi connectivity index (χ2n) is 6.74. The van der Waals surface area contributed by atoms with Crippen LogP contribution in [0.15, 0.2) is 48.5 Å². The summed E-state index contributed by atoms with van der Waals surface area (Å²) < 4.78 is 5.12. The summed E-state index contributed by atoms with van der Waals surface area (Å²) >= 11 is 6.37. The van der Waals surface area contributed by atoms with Gasteiger partial charge in [0.1, 0.15) is 0 Å². The molecule has 1 heterocycles. The lowest BCUT2D eigenvalue weighted by Crippen LogP contribution is -2.49. The molecule has 0 aliphatic carbocycles. The van der Waals surface area contributed by atoms with Gasteiger partial charge in [-0.2, -0.15) is 0 Å². The predicted octanol–water partition coefficient (Wildman–Crippen LogP) is 2.75. The van der Waals surface area contributed by atoms with Gasteiger partial charge in [0.15, 0.2) is 0 Å². The van der Waals surface area contributed by atoms with E-state index in [-0.39, 0.29) is 11.9 Å². The van der Waals surface area contributed by atoms with Crippen LogP contribution in [0.1, 0.15) is 22.7 Å². The van der Waals surface area contributed by atoms with Crippen LogP contribution in [0.4, 0.5) is 0 Å². The molecule has 2 aromatic rings. The van der Waals surface area contributed by atoms with E-state index < -0.39 is 0 Å². The molecule has 1 unspecified atom stereocenters. The number of ether oxygens (including phenoxy) is 1. The molecule has 1 aliphatic heterocycles. The molecule has 0 radical (unpaired) electrons. The summed E-state index contributed by atoms with van der Waals surface area (Å²) in [5.41, 5.74) is 3.26. The standard InChI is InChI=1S/C21H26ClN3O2/c1-27-15-17-8-6-16(7-9-17)12-24-21(26)14-25-11-10-23-13-20(25)18-4-2-3-5-19(18)22/h2-9,20,23H,10-15H2,1H3,(H,24,26). The van der Waals surface area contributed by atoms with Crippen LogP contribution >= 0.6 is 11.6 Å². The summed E-state index contributed by atoms with van der Waals surface area (Å²) in [6.45, 7) is 3.95. The largest absolute Gasteiger partial charge is 0.380 e. The zero-order valence-electron chi connectivity index (χ0n) is 15.6. The summed E-state index contributed by atoms with van der Waals surface area (Å²) in [6.07, 6.45) is 0. The average Bonchev–Trinajstić information content (AvgIpc) is 2.69. The molecule has 1 saturated heterocycles. The number of hydrogen-bond acceptors (Lipinski definition) is 4. The van der Waals surface area contributed by atoms with Gasteiger partial charge in [-0.05, 0) is 22.8 Å². The number of piperazine rings is 1. The Bertz CT molecular complexity index is 751. The van der Waals surface area contributed by atoms with Gasteiger partial charge in [-0.15, -0.1) is 0 Å². The lowest BCUT2D eigenvalue weighted by molar-refractivity contribution is -0.123. The lowest BCUT2D eigenvalue weighted by Gasteiger charge is -2.36. The number of rotatable bonds is 7. The highest BCUT2D eigenvalue weighted by Gasteiger charge is 2.26. The second-order valence-corrected chi connectivity index (χ2v) is 7.15. The molecule has 27 heavy (non-hydrogen) atoms. The Morgan fingerprint density at radius 1 is 1.22 bits per heavy atom. The molecule has 0 saturated carbocycles. The van der Waals surface area contributed by atoms with Gasteiger partial charge in [0, 0.05) is 44.4 Å². The first-order chi connectivity index (χ1) is 13.2. The monoisotopic (exact) mass is 387 g/mol. The van der Waals surface area contributed by atoms with Gasteiger partial charge in [-0.3, -0.25) is 9.69 Å². The average molecular weight is 388 g/mol. The number of benzene rings is 2. The van der Waals surface area contributed by atoms with E-state index in [1.54, 1.807) is 7.11 Å². The van der Waals surface area contributed by atoms with Crippen LogP contribution in [0, 0.1) is 0 Å². The first-order valence-corrected chi connectivity index (χ1v) is 9.58. The maximum absolute atomic E-state index is 12.5. The van der Waals surface area contributed by atoms with Crippen molar-refractivity contribution < 1.29 is 9.53 Å². The molecule has 1 atom stereocenters. The van der Waals surface area contributed by atoms with E-state index in [9.17, 15) is 4.79 Å². The maximum atomic E-state index is 12.5. The number of methoxy groups -OCH3 is 1. The summed E-state index contributed by atoms with van der Waals surface area (Å²) in [5, 5.41) is 7.16. The molecule has 2 aromatic carbocycles. The smallest absolute Gasteiger partial charge is 0.234 e. The number of nitrogens with one attached hydrogen (secondary N) is 2. The number of carbonyl (C=O) groups is 1. The third kappa shape index (κ3) is 5.53. The van der Waals surface area contributed by atoms with Gasteiger partial charge in [-0.1, -0.05) is 54.1 Å². The van der Waals surface area contributed by atoms with Crippen molar-refractivity contribution in [1.82, 2.24) is 15.5 Å². The fourth-order valence-electron chi connectivity index (χ4n) is 3.35. The molecule has 1 fully saturated rings. The van der Waals surface area contributed by atoms with E-state index in [0.717, 1.165) is 41.3 Å². The van der Waals surface area contributed by atoms with E-state index in [2.05, 4.69) is 15.5 Å². The van der Waals surface area contributed by atoms with E-state index in [1.165, 1.54) is 0 Å². The summed E-state index contributed by atoms with van der Waals surface area (Å²) in [5.74, 6) is 0.0231. The molecule has 2 N–H and O–H groups in total. The maximum Gasteiger partial charge on any atom is 0.234 e. The van der Waals surface area contributed by atoms with Gasteiger partial charge < -0.3 is 15.4 Å². The van der Waals surface area contributed by atoms with Crippen LogP contribution in [-0.4, -0.2) is 44.1 Å². The van der Waals surface area contributed by atoms with Crippen LogP contribution in [0.2, 0.25) is 5.02 Å². The van der Waals surface area contributed by atoms with Crippen LogP contribution < -0.4 is 10.6 Å². The number of carbonyl (C=O) groups excluding carboxylic acids is 1. The van der Waals surface area contributed by atoms with E-state index in [0.29, 0.717) is 19.7 Å². The fraction of sp³-hybridized carbons (Fsp3) is 0.381. The van der Waals surface area contributed by atoms with Gasteiger partial charge in [0.05, 0.1) is 13.2 Å². The van der Waals surface area contributed by atoms with Crippen LogP contribution in [0.25, 0.3) is 0 Å². The normalized spacial score (nSPS) is 17.6. The van der Waals surface area contributed by atoms with Crippen molar-refractivity contribution in [1.29, 1.82) is 0 Å². The van der Waals surface area contributed by atoms with Gasteiger partial charge in [0.2, 0.25) is 5.91 Å².